The average Bonchev–Trinajstić information content (AvgIpc) is 2.90. The third kappa shape index (κ3) is 6.93. The molecule has 4 rings (SSSR count). The van der Waals surface area contributed by atoms with Crippen molar-refractivity contribution in [1.82, 2.24) is 9.88 Å². The van der Waals surface area contributed by atoms with Crippen molar-refractivity contribution in [3.8, 4) is 5.75 Å². The number of rotatable bonds is 11. The van der Waals surface area contributed by atoms with Crippen LogP contribution in [0.25, 0.3) is 10.9 Å². The van der Waals surface area contributed by atoms with Crippen molar-refractivity contribution < 1.29 is 32.9 Å². The van der Waals surface area contributed by atoms with Gasteiger partial charge < -0.3 is 25.2 Å². The third-order valence-electron chi connectivity index (χ3n) is 7.53. The lowest BCUT2D eigenvalue weighted by Crippen LogP contribution is -2.43. The number of aliphatic hydroxyl groups excluding tert-OH is 1. The minimum atomic E-state index is -1.25. The molecule has 1 atom stereocenters. The van der Waals surface area contributed by atoms with E-state index in [1.807, 2.05) is 0 Å². The van der Waals surface area contributed by atoms with Gasteiger partial charge in [0, 0.05) is 42.4 Å². The van der Waals surface area contributed by atoms with Crippen molar-refractivity contribution in [2.75, 3.05) is 38.6 Å². The van der Waals surface area contributed by atoms with Gasteiger partial charge in [0.05, 0.1) is 35.9 Å². The Kier molecular flexibility index (Phi) is 9.19. The van der Waals surface area contributed by atoms with Crippen LogP contribution in [0, 0.1) is 22.9 Å². The second-order valence-electron chi connectivity index (χ2n) is 10.0. The Bertz CT molecular complexity index is 1340. The molecular formula is C28H31ClF3N3O4. The van der Waals surface area contributed by atoms with Crippen LogP contribution in [-0.4, -0.2) is 59.4 Å². The predicted octanol–water partition coefficient (Wildman–Crippen LogP) is 5.80. The molecule has 0 radical (unpaired) electrons. The molecule has 0 amide bonds. The average molecular weight is 566 g/mol. The van der Waals surface area contributed by atoms with E-state index >= 15 is 0 Å². The largest absolute Gasteiger partial charge is 0.497 e. The molecule has 7 nitrogen and oxygen atoms in total. The molecular weight excluding hydrogens is 535 g/mol. The lowest BCUT2D eigenvalue weighted by atomic mass is 9.71. The van der Waals surface area contributed by atoms with Gasteiger partial charge in [-0.05, 0) is 62.4 Å². The lowest BCUT2D eigenvalue weighted by Gasteiger charge is -2.41. The van der Waals surface area contributed by atoms with E-state index < -0.39 is 34.9 Å². The Hall–Kier alpha value is -3.08. The van der Waals surface area contributed by atoms with Gasteiger partial charge in [-0.1, -0.05) is 11.6 Å². The molecule has 0 spiro atoms. The summed E-state index contributed by atoms with van der Waals surface area (Å²) in [6.45, 7) is 1.95. The fourth-order valence-electron chi connectivity index (χ4n) is 5.34. The Labute approximate surface area is 229 Å². The molecule has 0 bridgehead atoms. The Morgan fingerprint density at radius 2 is 1.97 bits per heavy atom. The number of halogens is 4. The van der Waals surface area contributed by atoms with Gasteiger partial charge in [0.1, 0.15) is 11.6 Å². The van der Waals surface area contributed by atoms with Crippen LogP contribution in [0.1, 0.15) is 43.8 Å². The zero-order valence-corrected chi connectivity index (χ0v) is 22.3. The molecule has 1 saturated heterocycles. The topological polar surface area (TPSA) is 94.9 Å². The van der Waals surface area contributed by atoms with Crippen LogP contribution in [0.2, 0.25) is 5.02 Å². The van der Waals surface area contributed by atoms with Crippen molar-refractivity contribution >= 4 is 34.2 Å². The quantitative estimate of drug-likeness (QED) is 0.253. The summed E-state index contributed by atoms with van der Waals surface area (Å²) >= 11 is 6.44. The number of pyridine rings is 1. The van der Waals surface area contributed by atoms with Crippen LogP contribution in [0.15, 0.2) is 36.5 Å². The predicted molar refractivity (Wildman–Crippen MR) is 143 cm³/mol. The third-order valence-corrected chi connectivity index (χ3v) is 7.83. The second kappa shape index (κ2) is 12.4. The molecule has 1 fully saturated rings. The van der Waals surface area contributed by atoms with Crippen LogP contribution < -0.4 is 10.1 Å². The number of hydrogen-bond acceptors (Lipinski definition) is 6. The van der Waals surface area contributed by atoms with Gasteiger partial charge in [0.15, 0.2) is 11.6 Å². The number of nitrogens with zero attached hydrogens (tertiary/aromatic N) is 2. The molecule has 1 aromatic heterocycles. The first-order chi connectivity index (χ1) is 18.6. The van der Waals surface area contributed by atoms with Crippen LogP contribution in [0.5, 0.6) is 5.75 Å². The van der Waals surface area contributed by atoms with E-state index in [0.717, 1.165) is 6.07 Å². The summed E-state index contributed by atoms with van der Waals surface area (Å²) in [6.07, 6.45) is 2.52. The molecule has 0 unspecified atom stereocenters. The van der Waals surface area contributed by atoms with E-state index in [1.165, 1.54) is 6.20 Å². The van der Waals surface area contributed by atoms with E-state index in [9.17, 15) is 28.2 Å². The summed E-state index contributed by atoms with van der Waals surface area (Å²) in [6, 6.07) is 6.74. The van der Waals surface area contributed by atoms with Crippen molar-refractivity contribution in [2.45, 2.75) is 38.2 Å². The van der Waals surface area contributed by atoms with Gasteiger partial charge in [0.2, 0.25) is 0 Å². The number of benzene rings is 2. The van der Waals surface area contributed by atoms with E-state index in [1.54, 1.807) is 25.3 Å². The molecule has 210 valence electrons. The first-order valence-corrected chi connectivity index (χ1v) is 13.1. The van der Waals surface area contributed by atoms with Gasteiger partial charge in [-0.15, -0.1) is 0 Å². The number of carboxylic acids is 1. The standard InChI is InChI=1S/C28H31ClF3N3O4/c1-39-18-2-3-22-19(14-18)26(20(29)16-34-22)24(36)4-5-28(15-25(37)38)6-9-35(10-7-28)11-8-33-23-13-17(30)12-21(31)27(23)32/h2-3,12-14,16,24,33,36H,4-11,15H2,1H3,(H,37,38)/t24-/m0/s1. The number of nitrogens with one attached hydrogen (secondary N) is 1. The first kappa shape index (κ1) is 28.9. The van der Waals surface area contributed by atoms with E-state index in [0.29, 0.717) is 78.6 Å². The summed E-state index contributed by atoms with van der Waals surface area (Å²) in [7, 11) is 1.55. The molecule has 1 aliphatic rings. The van der Waals surface area contributed by atoms with Crippen LogP contribution in [0.4, 0.5) is 18.9 Å². The van der Waals surface area contributed by atoms with E-state index in [2.05, 4.69) is 15.2 Å². The molecule has 3 aromatic rings. The molecule has 0 aliphatic carbocycles. The van der Waals surface area contributed by atoms with Crippen LogP contribution in [-0.2, 0) is 4.79 Å². The number of aromatic nitrogens is 1. The molecule has 0 saturated carbocycles. The molecule has 39 heavy (non-hydrogen) atoms. The monoisotopic (exact) mass is 565 g/mol. The highest BCUT2D eigenvalue weighted by molar-refractivity contribution is 6.32. The number of methoxy groups -OCH3 is 1. The normalized spacial score (nSPS) is 16.3. The number of fused-ring (bicyclic) bond motifs is 1. The van der Waals surface area contributed by atoms with Crippen LogP contribution >= 0.6 is 11.6 Å². The maximum absolute atomic E-state index is 13.9. The summed E-state index contributed by atoms with van der Waals surface area (Å²) in [5.74, 6) is -3.55. The maximum atomic E-state index is 13.9. The number of piperidine rings is 1. The smallest absolute Gasteiger partial charge is 0.303 e. The summed E-state index contributed by atoms with van der Waals surface area (Å²) in [5, 5.41) is 24.5. The van der Waals surface area contributed by atoms with Crippen molar-refractivity contribution in [3.63, 3.8) is 0 Å². The Morgan fingerprint density at radius 1 is 1.23 bits per heavy atom. The minimum absolute atomic E-state index is 0.0295. The molecule has 11 heteroatoms. The lowest BCUT2D eigenvalue weighted by molar-refractivity contribution is -0.141. The number of anilines is 1. The van der Waals surface area contributed by atoms with Crippen molar-refractivity contribution in [1.29, 1.82) is 0 Å². The summed E-state index contributed by atoms with van der Waals surface area (Å²) in [4.78, 5) is 18.2. The summed E-state index contributed by atoms with van der Waals surface area (Å²) in [5.41, 5.74) is 0.452. The van der Waals surface area contributed by atoms with Gasteiger partial charge >= 0.3 is 5.97 Å². The SMILES string of the molecule is COc1ccc2ncc(Cl)c([C@@H](O)CCC3(CC(=O)O)CCN(CCNc4cc(F)cc(F)c4F)CC3)c2c1. The summed E-state index contributed by atoms with van der Waals surface area (Å²) < 4.78 is 46.0. The number of carboxylic acid groups (broad SMARTS) is 1. The number of ether oxygens (including phenoxy) is 1. The second-order valence-corrected chi connectivity index (χ2v) is 10.5. The minimum Gasteiger partial charge on any atom is -0.497 e. The number of aliphatic hydroxyl groups is 1. The number of likely N-dealkylation sites (tertiary alicyclic amines) is 1. The Balaban J connectivity index is 1.39. The zero-order valence-electron chi connectivity index (χ0n) is 21.5. The van der Waals surface area contributed by atoms with Crippen LogP contribution in [0.3, 0.4) is 0 Å². The van der Waals surface area contributed by atoms with E-state index in [-0.39, 0.29) is 18.7 Å². The number of aliphatic carboxylic acids is 1. The zero-order chi connectivity index (χ0) is 28.2. The van der Waals surface area contributed by atoms with Gasteiger partial charge in [0.25, 0.3) is 0 Å². The fraction of sp³-hybridized carbons (Fsp3) is 0.429. The number of hydrogen-bond donors (Lipinski definition) is 3. The highest BCUT2D eigenvalue weighted by Gasteiger charge is 2.37. The van der Waals surface area contributed by atoms with Gasteiger partial charge in [-0.2, -0.15) is 0 Å². The number of carbonyl (C=O) groups is 1. The Morgan fingerprint density at radius 3 is 2.67 bits per heavy atom. The highest BCUT2D eigenvalue weighted by Crippen LogP contribution is 2.43. The van der Waals surface area contributed by atoms with Crippen molar-refractivity contribution in [3.05, 3.63) is 64.6 Å². The molecule has 3 N–H and O–H groups in total. The van der Waals surface area contributed by atoms with Gasteiger partial charge in [-0.3, -0.25) is 9.78 Å². The maximum Gasteiger partial charge on any atom is 0.303 e. The van der Waals surface area contributed by atoms with E-state index in [4.69, 9.17) is 16.3 Å². The van der Waals surface area contributed by atoms with Crippen molar-refractivity contribution in [2.24, 2.45) is 5.41 Å². The van der Waals surface area contributed by atoms with Gasteiger partial charge in [-0.25, -0.2) is 13.2 Å². The molecule has 1 aliphatic heterocycles. The molecule has 2 heterocycles. The first-order valence-electron chi connectivity index (χ1n) is 12.7. The highest BCUT2D eigenvalue weighted by atomic mass is 35.5. The molecule has 2 aromatic carbocycles. The fourth-order valence-corrected chi connectivity index (χ4v) is 5.62.